The zero-order valence-corrected chi connectivity index (χ0v) is 12.0. The minimum atomic E-state index is 1.05. The molecule has 1 nitrogen and oxygen atoms in total. The lowest BCUT2D eigenvalue weighted by Gasteiger charge is -2.08. The number of nitrogens with zero attached hydrogens (tertiary/aromatic N) is 1. The fourth-order valence-electron chi connectivity index (χ4n) is 3.39. The third-order valence-electron chi connectivity index (χ3n) is 4.46. The standard InChI is InChI=1S/C21H13N/c1-2-5-15-13-20-16(12-14(15)4-1)7-8-17-18(20)9-10-21-19(17)6-3-11-22-21/h1-13H. The van der Waals surface area contributed by atoms with Crippen LogP contribution in [0.4, 0.5) is 0 Å². The summed E-state index contributed by atoms with van der Waals surface area (Å²) in [6.45, 7) is 0. The average molecular weight is 279 g/mol. The average Bonchev–Trinajstić information content (AvgIpc) is 2.59. The third-order valence-corrected chi connectivity index (χ3v) is 4.46. The minimum Gasteiger partial charge on any atom is -0.256 e. The van der Waals surface area contributed by atoms with Gasteiger partial charge in [0.2, 0.25) is 0 Å². The molecule has 102 valence electrons. The molecule has 0 saturated heterocycles. The Morgan fingerprint density at radius 1 is 0.500 bits per heavy atom. The summed E-state index contributed by atoms with van der Waals surface area (Å²) in [5.74, 6) is 0. The molecule has 5 rings (SSSR count). The summed E-state index contributed by atoms with van der Waals surface area (Å²) in [4.78, 5) is 4.46. The van der Waals surface area contributed by atoms with Gasteiger partial charge in [0, 0.05) is 11.6 Å². The number of hydrogen-bond acceptors (Lipinski definition) is 1. The van der Waals surface area contributed by atoms with Gasteiger partial charge in [-0.25, -0.2) is 0 Å². The Labute approximate surface area is 127 Å². The van der Waals surface area contributed by atoms with E-state index in [1.807, 2.05) is 12.3 Å². The van der Waals surface area contributed by atoms with Gasteiger partial charge in [-0.3, -0.25) is 4.98 Å². The summed E-state index contributed by atoms with van der Waals surface area (Å²) >= 11 is 0. The second-order valence-corrected chi connectivity index (χ2v) is 5.72. The van der Waals surface area contributed by atoms with E-state index >= 15 is 0 Å². The second kappa shape index (κ2) is 4.28. The van der Waals surface area contributed by atoms with E-state index in [-0.39, 0.29) is 0 Å². The zero-order valence-electron chi connectivity index (χ0n) is 12.0. The van der Waals surface area contributed by atoms with Gasteiger partial charge >= 0.3 is 0 Å². The van der Waals surface area contributed by atoms with Crippen molar-refractivity contribution in [2.75, 3.05) is 0 Å². The highest BCUT2D eigenvalue weighted by molar-refractivity contribution is 6.18. The SMILES string of the molecule is c1ccc2cc3c(ccc4c5cccnc5ccc34)cc2c1. The molecule has 0 amide bonds. The van der Waals surface area contributed by atoms with Gasteiger partial charge in [0.15, 0.2) is 0 Å². The Balaban J connectivity index is 2.02. The molecule has 0 aliphatic carbocycles. The van der Waals surface area contributed by atoms with Crippen LogP contribution in [0.25, 0.3) is 43.2 Å². The maximum Gasteiger partial charge on any atom is 0.0708 e. The first-order valence-corrected chi connectivity index (χ1v) is 7.49. The van der Waals surface area contributed by atoms with Crippen molar-refractivity contribution in [2.24, 2.45) is 0 Å². The Morgan fingerprint density at radius 3 is 2.18 bits per heavy atom. The first-order chi connectivity index (χ1) is 10.9. The first kappa shape index (κ1) is 11.7. The summed E-state index contributed by atoms with van der Waals surface area (Å²) in [6, 6.07) is 26.0. The van der Waals surface area contributed by atoms with E-state index in [1.54, 1.807) is 0 Å². The molecule has 0 aliphatic rings. The summed E-state index contributed by atoms with van der Waals surface area (Å²) < 4.78 is 0. The molecule has 0 unspecified atom stereocenters. The van der Waals surface area contributed by atoms with Gasteiger partial charge < -0.3 is 0 Å². The Kier molecular flexibility index (Phi) is 2.28. The van der Waals surface area contributed by atoms with Crippen LogP contribution in [-0.2, 0) is 0 Å². The van der Waals surface area contributed by atoms with Crippen molar-refractivity contribution < 1.29 is 0 Å². The molecule has 1 aromatic heterocycles. The molecule has 0 radical (unpaired) electrons. The van der Waals surface area contributed by atoms with Crippen molar-refractivity contribution >= 4 is 43.2 Å². The molecule has 5 aromatic rings. The van der Waals surface area contributed by atoms with E-state index in [0.29, 0.717) is 0 Å². The molecule has 0 bridgehead atoms. The first-order valence-electron chi connectivity index (χ1n) is 7.49. The number of benzene rings is 4. The molecule has 1 heteroatoms. The summed E-state index contributed by atoms with van der Waals surface area (Å²) in [5.41, 5.74) is 1.05. The lowest BCUT2D eigenvalue weighted by Crippen LogP contribution is -1.83. The monoisotopic (exact) mass is 279 g/mol. The number of pyridine rings is 1. The summed E-state index contributed by atoms with van der Waals surface area (Å²) in [6.07, 6.45) is 1.85. The topological polar surface area (TPSA) is 12.9 Å². The van der Waals surface area contributed by atoms with Crippen LogP contribution in [0.15, 0.2) is 79.0 Å². The highest BCUT2D eigenvalue weighted by Gasteiger charge is 2.06. The second-order valence-electron chi connectivity index (χ2n) is 5.72. The van der Waals surface area contributed by atoms with E-state index in [9.17, 15) is 0 Å². The van der Waals surface area contributed by atoms with Gasteiger partial charge in [0.25, 0.3) is 0 Å². The molecule has 0 atom stereocenters. The van der Waals surface area contributed by atoms with Gasteiger partial charge in [-0.2, -0.15) is 0 Å². The van der Waals surface area contributed by atoms with Crippen molar-refractivity contribution in [2.45, 2.75) is 0 Å². The van der Waals surface area contributed by atoms with Crippen LogP contribution in [-0.4, -0.2) is 4.98 Å². The van der Waals surface area contributed by atoms with E-state index in [2.05, 4.69) is 71.7 Å². The predicted molar refractivity (Wildman–Crippen MR) is 94.3 cm³/mol. The van der Waals surface area contributed by atoms with E-state index in [4.69, 9.17) is 0 Å². The van der Waals surface area contributed by atoms with Crippen LogP contribution in [0.2, 0.25) is 0 Å². The molecule has 0 N–H and O–H groups in total. The predicted octanol–water partition coefficient (Wildman–Crippen LogP) is 5.69. The summed E-state index contributed by atoms with van der Waals surface area (Å²) in [5, 5.41) is 8.95. The highest BCUT2D eigenvalue weighted by Crippen LogP contribution is 2.32. The van der Waals surface area contributed by atoms with Crippen molar-refractivity contribution in [3.8, 4) is 0 Å². The highest BCUT2D eigenvalue weighted by atomic mass is 14.6. The van der Waals surface area contributed by atoms with Crippen molar-refractivity contribution in [3.05, 3.63) is 79.0 Å². The Hall–Kier alpha value is -2.93. The number of hydrogen-bond donors (Lipinski definition) is 0. The zero-order chi connectivity index (χ0) is 14.5. The number of rotatable bonds is 0. The molecule has 4 aromatic carbocycles. The molecular weight excluding hydrogens is 266 g/mol. The molecule has 1 heterocycles. The van der Waals surface area contributed by atoms with Gasteiger partial charge in [0.05, 0.1) is 5.52 Å². The van der Waals surface area contributed by atoms with Crippen LogP contribution in [0.5, 0.6) is 0 Å². The third kappa shape index (κ3) is 1.57. The van der Waals surface area contributed by atoms with Gasteiger partial charge in [-0.1, -0.05) is 48.5 Å². The number of aromatic nitrogens is 1. The smallest absolute Gasteiger partial charge is 0.0708 e. The minimum absolute atomic E-state index is 1.05. The maximum atomic E-state index is 4.46. The molecule has 0 saturated carbocycles. The van der Waals surface area contributed by atoms with Crippen molar-refractivity contribution in [1.82, 2.24) is 4.98 Å². The lowest BCUT2D eigenvalue weighted by atomic mass is 9.96. The van der Waals surface area contributed by atoms with E-state index < -0.39 is 0 Å². The molecule has 0 spiro atoms. The Bertz CT molecular complexity index is 1170. The van der Waals surface area contributed by atoms with Crippen LogP contribution < -0.4 is 0 Å². The van der Waals surface area contributed by atoms with E-state index in [1.165, 1.54) is 37.7 Å². The largest absolute Gasteiger partial charge is 0.256 e. The van der Waals surface area contributed by atoms with Crippen molar-refractivity contribution in [1.29, 1.82) is 0 Å². The molecular formula is C21H13N. The normalized spacial score (nSPS) is 11.6. The molecule has 0 fully saturated rings. The fraction of sp³-hybridized carbons (Fsp3) is 0. The lowest BCUT2D eigenvalue weighted by molar-refractivity contribution is 1.42. The van der Waals surface area contributed by atoms with Crippen LogP contribution in [0, 0.1) is 0 Å². The van der Waals surface area contributed by atoms with Gasteiger partial charge in [0.1, 0.15) is 0 Å². The van der Waals surface area contributed by atoms with E-state index in [0.717, 1.165) is 5.52 Å². The quantitative estimate of drug-likeness (QED) is 0.262. The van der Waals surface area contributed by atoms with Crippen LogP contribution >= 0.6 is 0 Å². The van der Waals surface area contributed by atoms with Gasteiger partial charge in [-0.15, -0.1) is 0 Å². The van der Waals surface area contributed by atoms with Crippen LogP contribution in [0.3, 0.4) is 0 Å². The van der Waals surface area contributed by atoms with Crippen LogP contribution in [0.1, 0.15) is 0 Å². The molecule has 22 heavy (non-hydrogen) atoms. The Morgan fingerprint density at radius 2 is 1.27 bits per heavy atom. The summed E-state index contributed by atoms with van der Waals surface area (Å²) in [7, 11) is 0. The van der Waals surface area contributed by atoms with Gasteiger partial charge in [-0.05, 0) is 56.6 Å². The number of fused-ring (bicyclic) bond motifs is 6. The van der Waals surface area contributed by atoms with Crippen molar-refractivity contribution in [3.63, 3.8) is 0 Å². The molecule has 0 aliphatic heterocycles. The maximum absolute atomic E-state index is 4.46. The fourth-order valence-corrected chi connectivity index (χ4v) is 3.39.